The maximum atomic E-state index is 11.5. The van der Waals surface area contributed by atoms with Gasteiger partial charge >= 0.3 is 0 Å². The summed E-state index contributed by atoms with van der Waals surface area (Å²) in [5.74, 6) is 2.74. The molecule has 0 atom stereocenters. The first-order chi connectivity index (χ1) is 71.7. The van der Waals surface area contributed by atoms with Gasteiger partial charge in [-0.15, -0.1) is 0 Å². The number of aromatic nitrogens is 11. The average Bonchev–Trinajstić information content (AvgIpc) is 1.54. The standard InChI is InChI=1S/C130H75N15/c131-76-86-39-13-17-43-95(86)109-68-90(129-137-125(80-31-5-1-6-32-80)135-126(138-129)81-33-7-2-8-34-81)69-110(96-44-18-14-40-87(96)77-132)123(109)144-118-63-58-84(67-105(118)106-73-92(59-64-119(106)144)141-113-52-26-21-47-99(113)100-48-22-27-53-114(100)141)85-57-62-104-103-51-25-30-56-117(103)143(122(104)72-85)94-61-66-121-108(75-94)107-74-93(142-115-54-28-23-49-101(115)102-50-24-29-55-116(102)142)60-65-120(107)145(121)124-111(97-45-19-15-41-88(97)78-133)70-91(71-112(124)98-46-20-16-42-89(98)79-134)130-139-127(82-35-9-3-10-36-82)136-128(140-130)83-37-11-4-12-38-83/h1-75H. The molecule has 670 valence electrons. The van der Waals surface area contributed by atoms with Gasteiger partial charge in [-0.3, -0.25) is 0 Å². The van der Waals surface area contributed by atoms with Gasteiger partial charge in [-0.2, -0.15) is 21.0 Å². The molecule has 0 aliphatic carbocycles. The van der Waals surface area contributed by atoms with E-state index in [1.54, 1.807) is 0 Å². The quantitative estimate of drug-likeness (QED) is 0.0897. The zero-order valence-corrected chi connectivity index (χ0v) is 77.5. The predicted molar refractivity (Wildman–Crippen MR) is 584 cm³/mol. The van der Waals surface area contributed by atoms with E-state index >= 15 is 0 Å². The van der Waals surface area contributed by atoms with Crippen LogP contribution in [0.25, 0.3) is 261 Å². The molecule has 0 unspecified atom stereocenters. The van der Waals surface area contributed by atoms with Crippen LogP contribution in [0.2, 0.25) is 0 Å². The van der Waals surface area contributed by atoms with Crippen LogP contribution in [-0.4, -0.2) is 52.7 Å². The fraction of sp³-hybridized carbons (Fsp3) is 0. The van der Waals surface area contributed by atoms with Crippen LogP contribution in [0, 0.1) is 45.3 Å². The second kappa shape index (κ2) is 34.2. The van der Waals surface area contributed by atoms with Crippen LogP contribution in [0.1, 0.15) is 22.3 Å². The summed E-state index contributed by atoms with van der Waals surface area (Å²) in [6, 6.07) is 167. The molecule has 0 radical (unpaired) electrons. The highest BCUT2D eigenvalue weighted by Gasteiger charge is 2.32. The summed E-state index contributed by atoms with van der Waals surface area (Å²) in [5.41, 5.74) is 27.7. The Hall–Kier alpha value is -20.6. The van der Waals surface area contributed by atoms with E-state index in [2.05, 4.69) is 284 Å². The van der Waals surface area contributed by atoms with Crippen LogP contribution in [0.4, 0.5) is 0 Å². The number of para-hydroxylation sites is 5. The fourth-order valence-corrected chi connectivity index (χ4v) is 21.9. The third-order valence-corrected chi connectivity index (χ3v) is 28.4. The minimum atomic E-state index is 0.400. The van der Waals surface area contributed by atoms with Gasteiger partial charge in [0.1, 0.15) is 0 Å². The Morgan fingerprint density at radius 1 is 0.145 bits per heavy atom. The van der Waals surface area contributed by atoms with E-state index in [-0.39, 0.29) is 0 Å². The Bertz CT molecular complexity index is 9910. The van der Waals surface area contributed by atoms with Crippen molar-refractivity contribution < 1.29 is 0 Å². The van der Waals surface area contributed by atoms with Gasteiger partial charge in [-0.25, -0.2) is 29.9 Å². The number of hydrogen-bond donors (Lipinski definition) is 0. The Morgan fingerprint density at radius 3 is 0.662 bits per heavy atom. The molecule has 15 heteroatoms. The predicted octanol–water partition coefficient (Wildman–Crippen LogP) is 31.4. The van der Waals surface area contributed by atoms with Crippen LogP contribution in [0.3, 0.4) is 0 Å². The molecular formula is C130H75N15. The first-order valence-corrected chi connectivity index (χ1v) is 48.0. The largest absolute Gasteiger partial charge is 0.309 e. The van der Waals surface area contributed by atoms with E-state index in [9.17, 15) is 21.0 Å². The average molecular weight is 1850 g/mol. The molecule has 0 aliphatic heterocycles. The highest BCUT2D eigenvalue weighted by Crippen LogP contribution is 2.52. The van der Waals surface area contributed by atoms with Crippen molar-refractivity contribution in [2.75, 3.05) is 0 Å². The molecule has 0 amide bonds. The van der Waals surface area contributed by atoms with E-state index in [1.165, 1.54) is 0 Å². The number of benzene rings is 20. The van der Waals surface area contributed by atoms with Gasteiger partial charge in [0, 0.05) is 149 Å². The van der Waals surface area contributed by atoms with Gasteiger partial charge in [0.25, 0.3) is 0 Å². The second-order valence-electron chi connectivity index (χ2n) is 36.4. The molecule has 145 heavy (non-hydrogen) atoms. The topological polar surface area (TPSA) is 197 Å². The van der Waals surface area contributed by atoms with Gasteiger partial charge in [-0.05, 0) is 163 Å². The summed E-state index contributed by atoms with van der Waals surface area (Å²) in [5, 5.41) is 56.4. The van der Waals surface area contributed by atoms with Crippen LogP contribution < -0.4 is 0 Å². The van der Waals surface area contributed by atoms with Gasteiger partial charge < -0.3 is 22.8 Å². The number of rotatable bonds is 16. The molecule has 0 N–H and O–H groups in total. The van der Waals surface area contributed by atoms with Crippen LogP contribution in [0.5, 0.6) is 0 Å². The molecule has 7 aromatic heterocycles. The minimum absolute atomic E-state index is 0.400. The lowest BCUT2D eigenvalue weighted by atomic mass is 9.89. The fourth-order valence-electron chi connectivity index (χ4n) is 21.9. The summed E-state index contributed by atoms with van der Waals surface area (Å²) < 4.78 is 11.8. The lowest BCUT2D eigenvalue weighted by molar-refractivity contribution is 1.07. The van der Waals surface area contributed by atoms with E-state index in [1.807, 2.05) is 218 Å². The monoisotopic (exact) mass is 1850 g/mol. The maximum Gasteiger partial charge on any atom is 0.164 e. The highest BCUT2D eigenvalue weighted by atomic mass is 15.1. The van der Waals surface area contributed by atoms with Crippen LogP contribution in [-0.2, 0) is 0 Å². The van der Waals surface area contributed by atoms with Crippen LogP contribution in [0.15, 0.2) is 455 Å². The van der Waals surface area contributed by atoms with E-state index in [0.717, 1.165) is 171 Å². The molecule has 15 nitrogen and oxygen atoms in total. The SMILES string of the molecule is N#Cc1ccccc1-c1cc(-c2nc(-c3ccccc3)nc(-c3ccccc3)n2)cc(-c2ccccc2C#N)c1-n1c2ccc(-c3ccc4c5ccccc5n(-c5ccc6c(c5)c5cc(-n7c8ccccc8c8ccccc87)ccc5n6-c5c(-c6ccccc6C#N)cc(-c6nc(-c7ccccc7)nc(-c7ccccc7)n6)cc5-c5ccccc5C#N)c4c3)cc2c2cc(-n3c4ccccc4c4ccccc43)ccc21. The van der Waals surface area contributed by atoms with E-state index in [0.29, 0.717) is 113 Å². The molecule has 0 saturated carbocycles. The highest BCUT2D eigenvalue weighted by molar-refractivity contribution is 6.18. The smallest absolute Gasteiger partial charge is 0.164 e. The van der Waals surface area contributed by atoms with E-state index < -0.39 is 0 Å². The first-order valence-electron chi connectivity index (χ1n) is 48.0. The van der Waals surface area contributed by atoms with Crippen molar-refractivity contribution in [3.63, 3.8) is 0 Å². The molecule has 0 saturated heterocycles. The van der Waals surface area contributed by atoms with E-state index in [4.69, 9.17) is 29.9 Å². The Kier molecular flexibility index (Phi) is 19.8. The zero-order valence-electron chi connectivity index (χ0n) is 77.5. The molecule has 27 rings (SSSR count). The first kappa shape index (κ1) is 83.7. The van der Waals surface area contributed by atoms with Gasteiger partial charge in [0.15, 0.2) is 34.9 Å². The summed E-state index contributed by atoms with van der Waals surface area (Å²) in [4.78, 5) is 31.7. The third kappa shape index (κ3) is 13.8. The zero-order chi connectivity index (χ0) is 96.4. The number of fused-ring (bicyclic) bond motifs is 15. The van der Waals surface area contributed by atoms with Crippen molar-refractivity contribution in [2.24, 2.45) is 0 Å². The van der Waals surface area contributed by atoms with Crippen LogP contribution >= 0.6 is 0 Å². The lowest BCUT2D eigenvalue weighted by Gasteiger charge is -2.22. The molecule has 27 aromatic rings. The molecule has 7 heterocycles. The van der Waals surface area contributed by atoms with Crippen molar-refractivity contribution in [3.05, 3.63) is 477 Å². The molecular weight excluding hydrogens is 1770 g/mol. The molecule has 0 spiro atoms. The number of nitrogens with zero attached hydrogens (tertiary/aromatic N) is 15. The summed E-state index contributed by atoms with van der Waals surface area (Å²) in [6.07, 6.45) is 0. The lowest BCUT2D eigenvalue weighted by Crippen LogP contribution is -2.05. The third-order valence-electron chi connectivity index (χ3n) is 28.4. The molecule has 0 fully saturated rings. The van der Waals surface area contributed by atoms with Crippen molar-refractivity contribution in [1.29, 1.82) is 21.0 Å². The number of hydrogen-bond acceptors (Lipinski definition) is 10. The Balaban J connectivity index is 0.707. The van der Waals surface area contributed by atoms with Crippen molar-refractivity contribution in [3.8, 4) is 177 Å². The van der Waals surface area contributed by atoms with Gasteiger partial charge in [-0.1, -0.05) is 303 Å². The maximum absolute atomic E-state index is 11.5. The van der Waals surface area contributed by atoms with Crippen molar-refractivity contribution in [2.45, 2.75) is 0 Å². The molecule has 20 aromatic carbocycles. The summed E-state index contributed by atoms with van der Waals surface area (Å²) in [6.45, 7) is 0. The Labute approximate surface area is 831 Å². The second-order valence-corrected chi connectivity index (χ2v) is 36.4. The summed E-state index contributed by atoms with van der Waals surface area (Å²) >= 11 is 0. The Morgan fingerprint density at radius 2 is 0.366 bits per heavy atom. The minimum Gasteiger partial charge on any atom is -0.309 e. The summed E-state index contributed by atoms with van der Waals surface area (Å²) in [7, 11) is 0. The van der Waals surface area contributed by atoms with Gasteiger partial charge in [0.05, 0.1) is 113 Å². The van der Waals surface area contributed by atoms with Gasteiger partial charge in [0.2, 0.25) is 0 Å². The molecule has 0 bridgehead atoms. The normalized spacial score (nSPS) is 11.6. The van der Waals surface area contributed by atoms with Crippen molar-refractivity contribution >= 4 is 109 Å². The number of nitriles is 4. The molecule has 0 aliphatic rings. The van der Waals surface area contributed by atoms with Crippen molar-refractivity contribution in [1.82, 2.24) is 52.7 Å².